The van der Waals surface area contributed by atoms with Crippen molar-refractivity contribution in [2.75, 3.05) is 0 Å². The van der Waals surface area contributed by atoms with E-state index in [2.05, 4.69) is 4.72 Å². The number of carboxylic acids is 1. The molecule has 0 amide bonds. The molecule has 1 aromatic carbocycles. The summed E-state index contributed by atoms with van der Waals surface area (Å²) < 4.78 is 25.2. The quantitative estimate of drug-likeness (QED) is 0.856. The van der Waals surface area contributed by atoms with Crippen LogP contribution in [0.25, 0.3) is 0 Å². The average Bonchev–Trinajstić information content (AvgIpc) is 2.27. The molecule has 6 heteroatoms. The van der Waals surface area contributed by atoms with Crippen LogP contribution in [-0.4, -0.2) is 30.3 Å². The maximum absolute atomic E-state index is 12.0. The van der Waals surface area contributed by atoms with E-state index >= 15 is 0 Å². The molecule has 0 heterocycles. The minimum atomic E-state index is -3.69. The minimum Gasteiger partial charge on any atom is -0.480 e. The van der Waals surface area contributed by atoms with Gasteiger partial charge in [-0.3, -0.25) is 4.79 Å². The van der Waals surface area contributed by atoms with Gasteiger partial charge in [0, 0.05) is 0 Å². The molecule has 1 aromatic rings. The predicted molar refractivity (Wildman–Crippen MR) is 73.4 cm³/mol. The molecule has 0 fully saturated rings. The fourth-order valence-electron chi connectivity index (χ4n) is 1.39. The number of carbonyl (C=O) groups is 1. The second kappa shape index (κ2) is 5.71. The summed E-state index contributed by atoms with van der Waals surface area (Å²) in [6, 6.07) is 7.76. The first kappa shape index (κ1) is 15.7. The Bertz CT molecular complexity index is 532. The van der Waals surface area contributed by atoms with Crippen LogP contribution >= 0.6 is 0 Å². The Morgan fingerprint density at radius 1 is 1.26 bits per heavy atom. The van der Waals surface area contributed by atoms with Crippen LogP contribution in [0.5, 0.6) is 0 Å². The van der Waals surface area contributed by atoms with E-state index in [4.69, 9.17) is 5.11 Å². The lowest BCUT2D eigenvalue weighted by Crippen LogP contribution is -2.48. The Hall–Kier alpha value is -1.40. The molecule has 0 saturated heterocycles. The maximum Gasteiger partial charge on any atom is 0.322 e. The van der Waals surface area contributed by atoms with Crippen molar-refractivity contribution < 1.29 is 18.3 Å². The number of aliphatic carboxylic acids is 1. The fraction of sp³-hybridized carbons (Fsp3) is 0.462. The third kappa shape index (κ3) is 4.33. The van der Waals surface area contributed by atoms with E-state index in [-0.39, 0.29) is 6.42 Å². The molecule has 0 radical (unpaired) electrons. The first-order valence-electron chi connectivity index (χ1n) is 5.92. The summed E-state index contributed by atoms with van der Waals surface area (Å²) >= 11 is 0. The van der Waals surface area contributed by atoms with E-state index in [0.717, 1.165) is 5.56 Å². The molecule has 0 saturated carbocycles. The highest BCUT2D eigenvalue weighted by Crippen LogP contribution is 2.15. The molecular weight excluding hydrogens is 266 g/mol. The number of carboxylic acid groups (broad SMARTS) is 1. The van der Waals surface area contributed by atoms with Gasteiger partial charge in [0.2, 0.25) is 10.0 Å². The zero-order chi connectivity index (χ0) is 14.7. The van der Waals surface area contributed by atoms with Crippen molar-refractivity contribution in [1.82, 2.24) is 4.72 Å². The highest BCUT2D eigenvalue weighted by Gasteiger charge is 2.33. The summed E-state index contributed by atoms with van der Waals surface area (Å²) in [4.78, 5) is 11.2. The van der Waals surface area contributed by atoms with Crippen molar-refractivity contribution in [1.29, 1.82) is 0 Å². The van der Waals surface area contributed by atoms with Crippen LogP contribution in [0.4, 0.5) is 0 Å². The van der Waals surface area contributed by atoms with Gasteiger partial charge in [0.15, 0.2) is 0 Å². The molecule has 0 unspecified atom stereocenters. The normalized spacial score (nSPS) is 14.1. The first-order chi connectivity index (χ1) is 8.63. The summed E-state index contributed by atoms with van der Waals surface area (Å²) in [5, 5.41) is 9.14. The molecule has 1 rings (SSSR count). The van der Waals surface area contributed by atoms with Gasteiger partial charge < -0.3 is 5.11 Å². The Kier molecular flexibility index (Phi) is 4.70. The van der Waals surface area contributed by atoms with Crippen molar-refractivity contribution >= 4 is 16.0 Å². The molecule has 1 atom stereocenters. The second-order valence-corrected chi connectivity index (χ2v) is 7.78. The molecule has 5 nitrogen and oxygen atoms in total. The van der Waals surface area contributed by atoms with Crippen LogP contribution < -0.4 is 4.72 Å². The number of hydrogen-bond donors (Lipinski definition) is 2. The number of benzene rings is 1. The van der Waals surface area contributed by atoms with Crippen molar-refractivity contribution in [2.24, 2.45) is 0 Å². The van der Waals surface area contributed by atoms with E-state index in [1.165, 1.54) is 20.8 Å². The van der Waals surface area contributed by atoms with Gasteiger partial charge in [0.1, 0.15) is 6.04 Å². The summed E-state index contributed by atoms with van der Waals surface area (Å²) in [7, 11) is -3.69. The lowest BCUT2D eigenvalue weighted by atomic mass is 10.1. The SMILES string of the molecule is CC(C)(C)S(=O)(=O)N[C@H](Cc1ccccc1)C(=O)O. The van der Waals surface area contributed by atoms with Crippen molar-refractivity contribution in [3.63, 3.8) is 0 Å². The molecule has 0 aliphatic heterocycles. The summed E-state index contributed by atoms with van der Waals surface area (Å²) in [6.07, 6.45) is 0.117. The van der Waals surface area contributed by atoms with Crippen LogP contribution in [0.1, 0.15) is 26.3 Å². The largest absolute Gasteiger partial charge is 0.480 e. The van der Waals surface area contributed by atoms with Crippen LogP contribution in [0, 0.1) is 0 Å². The van der Waals surface area contributed by atoms with E-state index in [1.54, 1.807) is 24.3 Å². The van der Waals surface area contributed by atoms with E-state index in [9.17, 15) is 13.2 Å². The van der Waals surface area contributed by atoms with Gasteiger partial charge in [-0.15, -0.1) is 0 Å². The van der Waals surface area contributed by atoms with Gasteiger partial charge in [-0.2, -0.15) is 0 Å². The second-order valence-electron chi connectivity index (χ2n) is 5.31. The van der Waals surface area contributed by atoms with Crippen LogP contribution in [0.3, 0.4) is 0 Å². The molecular formula is C13H19NO4S. The Morgan fingerprint density at radius 2 is 1.79 bits per heavy atom. The smallest absolute Gasteiger partial charge is 0.322 e. The van der Waals surface area contributed by atoms with E-state index < -0.39 is 26.8 Å². The highest BCUT2D eigenvalue weighted by atomic mass is 32.2. The van der Waals surface area contributed by atoms with Crippen molar-refractivity contribution in [3.05, 3.63) is 35.9 Å². The molecule has 0 bridgehead atoms. The van der Waals surface area contributed by atoms with E-state index in [0.29, 0.717) is 0 Å². The zero-order valence-electron chi connectivity index (χ0n) is 11.3. The molecule has 2 N–H and O–H groups in total. The zero-order valence-corrected chi connectivity index (χ0v) is 12.1. The maximum atomic E-state index is 12.0. The topological polar surface area (TPSA) is 83.5 Å². The fourth-order valence-corrected chi connectivity index (χ4v) is 2.31. The van der Waals surface area contributed by atoms with Crippen LogP contribution in [-0.2, 0) is 21.2 Å². The number of hydrogen-bond acceptors (Lipinski definition) is 3. The minimum absolute atomic E-state index is 0.117. The summed E-state index contributed by atoms with van der Waals surface area (Å²) in [6.45, 7) is 4.57. The van der Waals surface area contributed by atoms with Crippen LogP contribution in [0.2, 0.25) is 0 Å². The van der Waals surface area contributed by atoms with Crippen molar-refractivity contribution in [3.8, 4) is 0 Å². The molecule has 0 aliphatic carbocycles. The molecule has 0 aliphatic rings. The standard InChI is InChI=1S/C13H19NO4S/c1-13(2,3)19(17,18)14-11(12(15)16)9-10-7-5-4-6-8-10/h4-8,11,14H,9H2,1-3H3,(H,15,16)/t11-/m1/s1. The predicted octanol–water partition coefficient (Wildman–Crippen LogP) is 1.40. The number of rotatable bonds is 5. The summed E-state index contributed by atoms with van der Waals surface area (Å²) in [5.41, 5.74) is 0.770. The van der Waals surface area contributed by atoms with Gasteiger partial charge in [-0.25, -0.2) is 13.1 Å². The molecule has 0 aromatic heterocycles. The van der Waals surface area contributed by atoms with E-state index in [1.807, 2.05) is 6.07 Å². The van der Waals surface area contributed by atoms with Crippen LogP contribution in [0.15, 0.2) is 30.3 Å². The number of sulfonamides is 1. The third-order valence-corrected chi connectivity index (χ3v) is 4.89. The van der Waals surface area contributed by atoms with Gasteiger partial charge in [-0.05, 0) is 32.8 Å². The Morgan fingerprint density at radius 3 is 2.21 bits per heavy atom. The van der Waals surface area contributed by atoms with Gasteiger partial charge in [-0.1, -0.05) is 30.3 Å². The number of nitrogens with one attached hydrogen (secondary N) is 1. The van der Waals surface area contributed by atoms with Crippen molar-refractivity contribution in [2.45, 2.75) is 38.0 Å². The lowest BCUT2D eigenvalue weighted by molar-refractivity contribution is -0.138. The molecule has 106 valence electrons. The average molecular weight is 285 g/mol. The highest BCUT2D eigenvalue weighted by molar-refractivity contribution is 7.90. The van der Waals surface area contributed by atoms with Gasteiger partial charge >= 0.3 is 5.97 Å². The Labute approximate surface area is 113 Å². The lowest BCUT2D eigenvalue weighted by Gasteiger charge is -2.23. The first-order valence-corrected chi connectivity index (χ1v) is 7.40. The third-order valence-electron chi connectivity index (χ3n) is 2.68. The monoisotopic (exact) mass is 285 g/mol. The molecule has 0 spiro atoms. The molecule has 19 heavy (non-hydrogen) atoms. The summed E-state index contributed by atoms with van der Waals surface area (Å²) in [5.74, 6) is -1.18. The van der Waals surface area contributed by atoms with Gasteiger partial charge in [0.05, 0.1) is 4.75 Å². The Balaban J connectivity index is 2.90. The van der Waals surface area contributed by atoms with Gasteiger partial charge in [0.25, 0.3) is 0 Å².